The standard InChI is InChI=1S/C14H19N3O3/c1-3-4-12(15)14(19)17-11-7-5-10(6-8-11)16-13(18)9-20-2/h3,5-8,12H,1,4,9,15H2,2H3,(H,16,18)(H,17,19). The van der Waals surface area contributed by atoms with Gasteiger partial charge in [0.2, 0.25) is 11.8 Å². The van der Waals surface area contributed by atoms with Gasteiger partial charge in [-0.15, -0.1) is 6.58 Å². The lowest BCUT2D eigenvalue weighted by Crippen LogP contribution is -2.35. The summed E-state index contributed by atoms with van der Waals surface area (Å²) in [5, 5.41) is 5.33. The molecule has 0 bridgehead atoms. The van der Waals surface area contributed by atoms with Crippen molar-refractivity contribution < 1.29 is 14.3 Å². The van der Waals surface area contributed by atoms with Crippen molar-refractivity contribution in [3.63, 3.8) is 0 Å². The van der Waals surface area contributed by atoms with Crippen molar-refractivity contribution in [3.8, 4) is 0 Å². The number of methoxy groups -OCH3 is 1. The van der Waals surface area contributed by atoms with Gasteiger partial charge in [0.25, 0.3) is 0 Å². The number of carbonyl (C=O) groups is 2. The lowest BCUT2D eigenvalue weighted by Gasteiger charge is -2.11. The van der Waals surface area contributed by atoms with Gasteiger partial charge in [-0.1, -0.05) is 6.08 Å². The van der Waals surface area contributed by atoms with Crippen molar-refractivity contribution >= 4 is 23.2 Å². The maximum Gasteiger partial charge on any atom is 0.250 e. The molecule has 1 atom stereocenters. The Bertz CT molecular complexity index is 471. The topological polar surface area (TPSA) is 93.5 Å². The van der Waals surface area contributed by atoms with Gasteiger partial charge in [-0.25, -0.2) is 0 Å². The summed E-state index contributed by atoms with van der Waals surface area (Å²) in [6.45, 7) is 3.53. The molecule has 1 unspecified atom stereocenters. The summed E-state index contributed by atoms with van der Waals surface area (Å²) in [4.78, 5) is 23.0. The van der Waals surface area contributed by atoms with Gasteiger partial charge in [0.1, 0.15) is 6.61 Å². The predicted octanol–water partition coefficient (Wildman–Crippen LogP) is 1.11. The Morgan fingerprint density at radius 1 is 1.30 bits per heavy atom. The van der Waals surface area contributed by atoms with Crippen LogP contribution in [-0.4, -0.2) is 31.6 Å². The third-order valence-corrected chi connectivity index (χ3v) is 2.47. The number of hydrogen-bond donors (Lipinski definition) is 3. The molecule has 0 radical (unpaired) electrons. The summed E-state index contributed by atoms with van der Waals surface area (Å²) >= 11 is 0. The summed E-state index contributed by atoms with van der Waals surface area (Å²) < 4.78 is 4.71. The molecule has 0 saturated heterocycles. The zero-order valence-corrected chi connectivity index (χ0v) is 11.4. The average molecular weight is 277 g/mol. The fourth-order valence-electron chi connectivity index (χ4n) is 1.49. The highest BCUT2D eigenvalue weighted by molar-refractivity contribution is 5.95. The molecule has 1 rings (SSSR count). The van der Waals surface area contributed by atoms with E-state index in [9.17, 15) is 9.59 Å². The minimum absolute atomic E-state index is 0.00507. The van der Waals surface area contributed by atoms with Crippen molar-refractivity contribution in [1.82, 2.24) is 0 Å². The number of benzene rings is 1. The summed E-state index contributed by atoms with van der Waals surface area (Å²) in [6.07, 6.45) is 2.01. The van der Waals surface area contributed by atoms with Crippen LogP contribution in [-0.2, 0) is 14.3 Å². The van der Waals surface area contributed by atoms with Crippen LogP contribution in [0.5, 0.6) is 0 Å². The monoisotopic (exact) mass is 277 g/mol. The molecule has 0 spiro atoms. The molecule has 0 aliphatic carbocycles. The molecule has 1 aromatic rings. The average Bonchev–Trinajstić information content (AvgIpc) is 2.41. The summed E-state index contributed by atoms with van der Waals surface area (Å²) in [5.74, 6) is -0.515. The van der Waals surface area contributed by atoms with E-state index in [1.807, 2.05) is 0 Å². The molecule has 0 saturated carbocycles. The number of amides is 2. The summed E-state index contributed by atoms with van der Waals surface area (Å²) in [6, 6.07) is 6.11. The Morgan fingerprint density at radius 2 is 1.85 bits per heavy atom. The van der Waals surface area contributed by atoms with Crippen molar-refractivity contribution in [1.29, 1.82) is 0 Å². The van der Waals surface area contributed by atoms with Gasteiger partial charge in [0.05, 0.1) is 6.04 Å². The van der Waals surface area contributed by atoms with Gasteiger partial charge in [0, 0.05) is 18.5 Å². The van der Waals surface area contributed by atoms with Gasteiger partial charge < -0.3 is 21.1 Å². The predicted molar refractivity (Wildman–Crippen MR) is 78.4 cm³/mol. The first kappa shape index (κ1) is 15.9. The van der Waals surface area contributed by atoms with Gasteiger partial charge in [0.15, 0.2) is 0 Å². The van der Waals surface area contributed by atoms with E-state index in [2.05, 4.69) is 17.2 Å². The largest absolute Gasteiger partial charge is 0.375 e. The number of rotatable bonds is 7. The fourth-order valence-corrected chi connectivity index (χ4v) is 1.49. The van der Waals surface area contributed by atoms with Crippen molar-refractivity contribution in [2.45, 2.75) is 12.5 Å². The van der Waals surface area contributed by atoms with Crippen LogP contribution >= 0.6 is 0 Å². The number of anilines is 2. The minimum Gasteiger partial charge on any atom is -0.375 e. The van der Waals surface area contributed by atoms with Crippen LogP contribution in [0.15, 0.2) is 36.9 Å². The quantitative estimate of drug-likeness (QED) is 0.651. The zero-order chi connectivity index (χ0) is 15.0. The highest BCUT2D eigenvalue weighted by Crippen LogP contribution is 2.13. The Morgan fingerprint density at radius 3 is 2.35 bits per heavy atom. The molecule has 0 aromatic heterocycles. The third kappa shape index (κ3) is 5.21. The second-order valence-electron chi connectivity index (χ2n) is 4.18. The maximum absolute atomic E-state index is 11.7. The van der Waals surface area contributed by atoms with E-state index in [4.69, 9.17) is 10.5 Å². The Labute approximate surface area is 118 Å². The van der Waals surface area contributed by atoms with Gasteiger partial charge >= 0.3 is 0 Å². The Kier molecular flexibility index (Phi) is 6.42. The minimum atomic E-state index is -0.617. The summed E-state index contributed by atoms with van der Waals surface area (Å²) in [7, 11) is 1.45. The van der Waals surface area contributed by atoms with Gasteiger partial charge in [-0.3, -0.25) is 9.59 Å². The van der Waals surface area contributed by atoms with Crippen molar-refractivity contribution in [3.05, 3.63) is 36.9 Å². The van der Waals surface area contributed by atoms with E-state index >= 15 is 0 Å². The molecule has 108 valence electrons. The summed E-state index contributed by atoms with van der Waals surface area (Å²) in [5.41, 5.74) is 6.89. The number of ether oxygens (including phenoxy) is 1. The van der Waals surface area contributed by atoms with E-state index in [0.717, 1.165) is 0 Å². The van der Waals surface area contributed by atoms with Crippen molar-refractivity contribution in [2.24, 2.45) is 5.73 Å². The molecular formula is C14H19N3O3. The van der Waals surface area contributed by atoms with E-state index in [0.29, 0.717) is 17.8 Å². The number of nitrogens with two attached hydrogens (primary N) is 1. The lowest BCUT2D eigenvalue weighted by molar-refractivity contribution is -0.119. The van der Waals surface area contributed by atoms with Crippen LogP contribution in [0.2, 0.25) is 0 Å². The second kappa shape index (κ2) is 8.08. The first-order chi connectivity index (χ1) is 9.56. The van der Waals surface area contributed by atoms with Gasteiger partial charge in [-0.05, 0) is 30.7 Å². The van der Waals surface area contributed by atoms with Crippen LogP contribution in [0.1, 0.15) is 6.42 Å². The van der Waals surface area contributed by atoms with Crippen molar-refractivity contribution in [2.75, 3.05) is 24.4 Å². The van der Waals surface area contributed by atoms with Crippen LogP contribution in [0.4, 0.5) is 11.4 Å². The van der Waals surface area contributed by atoms with E-state index < -0.39 is 6.04 Å². The highest BCUT2D eigenvalue weighted by Gasteiger charge is 2.11. The number of hydrogen-bond acceptors (Lipinski definition) is 4. The molecule has 6 heteroatoms. The zero-order valence-electron chi connectivity index (χ0n) is 11.4. The van der Waals surface area contributed by atoms with Gasteiger partial charge in [-0.2, -0.15) is 0 Å². The molecule has 1 aromatic carbocycles. The normalized spacial score (nSPS) is 11.5. The Balaban J connectivity index is 2.56. The van der Waals surface area contributed by atoms with E-state index in [1.54, 1.807) is 30.3 Å². The molecule has 2 amide bonds. The Hall–Kier alpha value is -2.18. The smallest absolute Gasteiger partial charge is 0.250 e. The highest BCUT2D eigenvalue weighted by atomic mass is 16.5. The first-order valence-electron chi connectivity index (χ1n) is 6.13. The molecule has 0 aliphatic rings. The molecule has 0 heterocycles. The number of carbonyl (C=O) groups excluding carboxylic acids is 2. The molecule has 4 N–H and O–H groups in total. The van der Waals surface area contributed by atoms with Crippen LogP contribution in [0.3, 0.4) is 0 Å². The first-order valence-corrected chi connectivity index (χ1v) is 6.13. The molecule has 20 heavy (non-hydrogen) atoms. The van der Waals surface area contributed by atoms with Crippen LogP contribution < -0.4 is 16.4 Å². The third-order valence-electron chi connectivity index (χ3n) is 2.47. The van der Waals surface area contributed by atoms with E-state index in [-0.39, 0.29) is 18.4 Å². The van der Waals surface area contributed by atoms with Crippen LogP contribution in [0, 0.1) is 0 Å². The van der Waals surface area contributed by atoms with Crippen LogP contribution in [0.25, 0.3) is 0 Å². The maximum atomic E-state index is 11.7. The second-order valence-corrected chi connectivity index (χ2v) is 4.18. The molecular weight excluding hydrogens is 258 g/mol. The molecule has 0 fully saturated rings. The molecule has 6 nitrogen and oxygen atoms in total. The lowest BCUT2D eigenvalue weighted by atomic mass is 10.2. The molecule has 0 aliphatic heterocycles. The van der Waals surface area contributed by atoms with E-state index in [1.165, 1.54) is 7.11 Å². The fraction of sp³-hybridized carbons (Fsp3) is 0.286. The SMILES string of the molecule is C=CCC(N)C(=O)Nc1ccc(NC(=O)COC)cc1. The number of nitrogens with one attached hydrogen (secondary N) is 2.